The Morgan fingerprint density at radius 3 is 2.12 bits per heavy atom. The second-order valence-corrected chi connectivity index (χ2v) is 14.9. The van der Waals surface area contributed by atoms with E-state index in [9.17, 15) is 4.79 Å². The van der Waals surface area contributed by atoms with E-state index in [4.69, 9.17) is 4.74 Å². The number of carbonyl (C=O) groups excluding carboxylic acids is 1. The predicted octanol–water partition coefficient (Wildman–Crippen LogP) is 8.60. The number of hydrogen-bond donors (Lipinski definition) is 0. The molecule has 0 saturated heterocycles. The van der Waals surface area contributed by atoms with Gasteiger partial charge in [-0.1, -0.05) is 54.5 Å². The fraction of sp³-hybridized carbons (Fsp3) is 0.903. The average Bonchev–Trinajstić information content (AvgIpc) is 2.76. The summed E-state index contributed by atoms with van der Waals surface area (Å²) in [7, 11) is 1.53. The van der Waals surface area contributed by atoms with Crippen LogP contribution in [-0.4, -0.2) is 13.1 Å². The Kier molecular flexibility index (Phi) is 6.03. The number of rotatable bonds is 4. The minimum absolute atomic E-state index is 0.0585. The summed E-state index contributed by atoms with van der Waals surface area (Å²) in [5.74, 6) is 2.00. The molecule has 0 aromatic rings. The molecule has 0 heterocycles. The molecule has 4 saturated carbocycles. The molecule has 0 aromatic carbocycles. The lowest BCUT2D eigenvalue weighted by Crippen LogP contribution is -2.66. The molecule has 2 nitrogen and oxygen atoms in total. The smallest absolute Gasteiger partial charge is 0.305 e. The van der Waals surface area contributed by atoms with Gasteiger partial charge in [0.05, 0.1) is 7.11 Å². The van der Waals surface area contributed by atoms with Crippen LogP contribution in [0.3, 0.4) is 0 Å². The first-order valence-electron chi connectivity index (χ1n) is 13.9. The van der Waals surface area contributed by atoms with Crippen molar-refractivity contribution in [3.8, 4) is 0 Å². The van der Waals surface area contributed by atoms with Crippen molar-refractivity contribution < 1.29 is 9.53 Å². The largest absolute Gasteiger partial charge is 0.469 e. The first-order valence-corrected chi connectivity index (χ1v) is 13.9. The zero-order chi connectivity index (χ0) is 24.5. The van der Waals surface area contributed by atoms with Gasteiger partial charge in [-0.05, 0) is 114 Å². The Hall–Kier alpha value is -0.790. The number of methoxy groups -OCH3 is 1. The molecule has 0 aromatic heterocycles. The molecule has 33 heavy (non-hydrogen) atoms. The Morgan fingerprint density at radius 2 is 1.48 bits per heavy atom. The molecular formula is C31H52O2. The second-order valence-electron chi connectivity index (χ2n) is 14.9. The van der Waals surface area contributed by atoms with Gasteiger partial charge in [0.15, 0.2) is 0 Å². The Bertz CT molecular complexity index is 799. The molecule has 0 bridgehead atoms. The molecule has 4 fully saturated rings. The first kappa shape index (κ1) is 25.3. The Morgan fingerprint density at radius 1 is 0.879 bits per heavy atom. The highest BCUT2D eigenvalue weighted by Crippen LogP contribution is 2.77. The van der Waals surface area contributed by atoms with Gasteiger partial charge in [-0.3, -0.25) is 4.79 Å². The molecule has 188 valence electrons. The van der Waals surface area contributed by atoms with Crippen LogP contribution < -0.4 is 0 Å². The van der Waals surface area contributed by atoms with Crippen LogP contribution in [0.15, 0.2) is 12.7 Å². The van der Waals surface area contributed by atoms with Gasteiger partial charge in [-0.25, -0.2) is 0 Å². The summed E-state index contributed by atoms with van der Waals surface area (Å²) in [4.78, 5) is 12.2. The van der Waals surface area contributed by atoms with E-state index in [1.807, 2.05) is 0 Å². The SMILES string of the molecule is C=C[C@@]1(C)CC[C@@H]2[C@@](C)(CC[C@@]3(C)[C@@H]4CC(C)(C)CC[C@]4(C)CC[C@]23C)[C@@H]1CCC(=O)OC. The van der Waals surface area contributed by atoms with Crippen molar-refractivity contribution in [3.05, 3.63) is 12.7 Å². The van der Waals surface area contributed by atoms with Crippen molar-refractivity contribution in [3.63, 3.8) is 0 Å². The quantitative estimate of drug-likeness (QED) is 0.313. The third kappa shape index (κ3) is 3.58. The lowest BCUT2D eigenvalue weighted by Gasteiger charge is -2.74. The fourth-order valence-corrected chi connectivity index (χ4v) is 10.4. The molecule has 0 radical (unpaired) electrons. The van der Waals surface area contributed by atoms with Crippen molar-refractivity contribution in [2.75, 3.05) is 7.11 Å². The zero-order valence-electron chi connectivity index (χ0n) is 23.1. The van der Waals surface area contributed by atoms with Gasteiger partial charge >= 0.3 is 5.97 Å². The maximum absolute atomic E-state index is 12.2. The van der Waals surface area contributed by atoms with E-state index in [1.54, 1.807) is 0 Å². The first-order chi connectivity index (χ1) is 15.2. The molecule has 8 atom stereocenters. The van der Waals surface area contributed by atoms with Crippen molar-refractivity contribution in [1.82, 2.24) is 0 Å². The summed E-state index contributed by atoms with van der Waals surface area (Å²) in [6, 6.07) is 0. The zero-order valence-corrected chi connectivity index (χ0v) is 23.1. The molecular weight excluding hydrogens is 404 g/mol. The predicted molar refractivity (Wildman–Crippen MR) is 138 cm³/mol. The fourth-order valence-electron chi connectivity index (χ4n) is 10.4. The summed E-state index contributed by atoms with van der Waals surface area (Å²) < 4.78 is 5.06. The number of fused-ring (bicyclic) bond motifs is 5. The second kappa shape index (κ2) is 7.86. The Labute approximate surface area is 204 Å². The molecule has 4 rings (SSSR count). The lowest BCUT2D eigenvalue weighted by atomic mass is 9.31. The topological polar surface area (TPSA) is 26.3 Å². The van der Waals surface area contributed by atoms with Crippen molar-refractivity contribution in [2.24, 2.45) is 50.2 Å². The van der Waals surface area contributed by atoms with Gasteiger partial charge in [-0.15, -0.1) is 6.58 Å². The van der Waals surface area contributed by atoms with Gasteiger partial charge in [0, 0.05) is 6.42 Å². The van der Waals surface area contributed by atoms with Crippen molar-refractivity contribution >= 4 is 5.97 Å². The number of carbonyl (C=O) groups is 1. The van der Waals surface area contributed by atoms with Crippen LogP contribution in [0.2, 0.25) is 0 Å². The van der Waals surface area contributed by atoms with E-state index in [0.717, 1.165) is 18.3 Å². The minimum atomic E-state index is -0.0585. The van der Waals surface area contributed by atoms with Crippen LogP contribution in [0.1, 0.15) is 119 Å². The van der Waals surface area contributed by atoms with E-state index < -0.39 is 0 Å². The summed E-state index contributed by atoms with van der Waals surface area (Å²) >= 11 is 0. The lowest BCUT2D eigenvalue weighted by molar-refractivity contribution is -0.247. The van der Waals surface area contributed by atoms with Gasteiger partial charge in [0.1, 0.15) is 0 Å². The van der Waals surface area contributed by atoms with Gasteiger partial charge in [0.25, 0.3) is 0 Å². The standard InChI is InChI=1S/C31H52O2/c1-10-27(4)14-13-23-29(6,22(27)11-12-25(32)33-9)18-20-31(8)24-21-26(2,3)15-16-28(24,5)17-19-30(23,31)7/h10,22-24H,1,11-21H2,2-9H3/t22-,23-,24-,27+,28-,29+,30-,31+/m1/s1. The highest BCUT2D eigenvalue weighted by Gasteiger charge is 2.69. The van der Waals surface area contributed by atoms with E-state index in [-0.39, 0.29) is 16.8 Å². The van der Waals surface area contributed by atoms with E-state index in [2.05, 4.69) is 61.1 Å². The maximum atomic E-state index is 12.2. The third-order valence-corrected chi connectivity index (χ3v) is 12.9. The number of ether oxygens (including phenoxy) is 1. The average molecular weight is 457 g/mol. The third-order valence-electron chi connectivity index (χ3n) is 12.9. The van der Waals surface area contributed by atoms with Crippen LogP contribution in [0, 0.1) is 50.2 Å². The molecule has 2 heteroatoms. The monoisotopic (exact) mass is 456 g/mol. The summed E-state index contributed by atoms with van der Waals surface area (Å²) in [5.41, 5.74) is 2.16. The number of hydrogen-bond acceptors (Lipinski definition) is 2. The molecule has 0 amide bonds. The number of esters is 1. The van der Waals surface area contributed by atoms with E-state index >= 15 is 0 Å². The van der Waals surface area contributed by atoms with Crippen LogP contribution in [0.5, 0.6) is 0 Å². The molecule has 4 aliphatic rings. The number of allylic oxidation sites excluding steroid dienone is 1. The molecule has 0 spiro atoms. The van der Waals surface area contributed by atoms with Crippen LogP contribution in [0.25, 0.3) is 0 Å². The summed E-state index contributed by atoms with van der Waals surface area (Å²) in [6.07, 6.45) is 15.8. The summed E-state index contributed by atoms with van der Waals surface area (Å²) in [5, 5.41) is 0. The van der Waals surface area contributed by atoms with Gasteiger partial charge in [-0.2, -0.15) is 0 Å². The highest BCUT2D eigenvalue weighted by molar-refractivity contribution is 5.69. The molecule has 0 N–H and O–H groups in total. The van der Waals surface area contributed by atoms with E-state index in [0.29, 0.717) is 34.0 Å². The molecule has 0 aliphatic heterocycles. The normalized spacial score (nSPS) is 51.0. The van der Waals surface area contributed by atoms with Gasteiger partial charge < -0.3 is 4.74 Å². The van der Waals surface area contributed by atoms with Crippen molar-refractivity contribution in [1.29, 1.82) is 0 Å². The Balaban J connectivity index is 1.73. The highest BCUT2D eigenvalue weighted by atomic mass is 16.5. The molecule has 4 aliphatic carbocycles. The van der Waals surface area contributed by atoms with Gasteiger partial charge in [0.2, 0.25) is 0 Å². The molecule has 0 unspecified atom stereocenters. The van der Waals surface area contributed by atoms with Crippen LogP contribution in [-0.2, 0) is 9.53 Å². The minimum Gasteiger partial charge on any atom is -0.469 e. The van der Waals surface area contributed by atoms with Crippen molar-refractivity contribution in [2.45, 2.75) is 119 Å². The van der Waals surface area contributed by atoms with E-state index in [1.165, 1.54) is 64.9 Å². The van der Waals surface area contributed by atoms with Crippen LogP contribution in [0.4, 0.5) is 0 Å². The van der Waals surface area contributed by atoms with Crippen LogP contribution >= 0.6 is 0 Å². The maximum Gasteiger partial charge on any atom is 0.305 e. The summed E-state index contributed by atoms with van der Waals surface area (Å²) in [6.45, 7) is 22.4.